The second-order valence-electron chi connectivity index (χ2n) is 4.77. The lowest BCUT2D eigenvalue weighted by atomic mass is 10.0. The van der Waals surface area contributed by atoms with Crippen LogP contribution in [-0.4, -0.2) is 9.97 Å². The largest absolute Gasteiger partial charge is 0.323 e. The van der Waals surface area contributed by atoms with E-state index in [1.54, 1.807) is 0 Å². The molecule has 102 valence electrons. The average molecular weight is 396 g/mol. The standard InChI is InChI=1S/C15H12Br2N2O/c1-8-2-4-11(16)10(6-8)14(17)9-3-5-12-13(7-9)19-15(20)18-12/h2-7,14H,1H3,(H2,18,19,20). The second-order valence-corrected chi connectivity index (χ2v) is 6.54. The molecule has 2 aromatic carbocycles. The number of alkyl halides is 1. The van der Waals surface area contributed by atoms with E-state index in [4.69, 9.17) is 0 Å². The molecule has 1 heterocycles. The van der Waals surface area contributed by atoms with Crippen LogP contribution in [0.3, 0.4) is 0 Å². The molecule has 0 bridgehead atoms. The van der Waals surface area contributed by atoms with Crippen LogP contribution < -0.4 is 5.69 Å². The molecule has 0 saturated carbocycles. The van der Waals surface area contributed by atoms with Crippen molar-refractivity contribution < 1.29 is 0 Å². The summed E-state index contributed by atoms with van der Waals surface area (Å²) in [6.07, 6.45) is 0. The van der Waals surface area contributed by atoms with E-state index in [-0.39, 0.29) is 10.5 Å². The highest BCUT2D eigenvalue weighted by molar-refractivity contribution is 9.11. The average Bonchev–Trinajstić information content (AvgIpc) is 2.79. The lowest BCUT2D eigenvalue weighted by molar-refractivity contribution is 1.16. The van der Waals surface area contributed by atoms with Gasteiger partial charge in [0, 0.05) is 4.47 Å². The summed E-state index contributed by atoms with van der Waals surface area (Å²) in [6.45, 7) is 2.07. The van der Waals surface area contributed by atoms with Crippen LogP contribution in [0.2, 0.25) is 0 Å². The van der Waals surface area contributed by atoms with Gasteiger partial charge in [0.2, 0.25) is 0 Å². The fourth-order valence-electron chi connectivity index (χ4n) is 2.24. The van der Waals surface area contributed by atoms with Crippen LogP contribution in [0.15, 0.2) is 45.7 Å². The van der Waals surface area contributed by atoms with Gasteiger partial charge in [-0.15, -0.1) is 0 Å². The molecule has 2 N–H and O–H groups in total. The van der Waals surface area contributed by atoms with Gasteiger partial charge in [-0.3, -0.25) is 0 Å². The van der Waals surface area contributed by atoms with E-state index in [9.17, 15) is 4.79 Å². The Morgan fingerprint density at radius 3 is 2.60 bits per heavy atom. The third-order valence-electron chi connectivity index (χ3n) is 3.26. The number of aryl methyl sites for hydroxylation is 1. The third kappa shape index (κ3) is 2.47. The molecule has 0 radical (unpaired) electrons. The van der Waals surface area contributed by atoms with Crippen LogP contribution in [-0.2, 0) is 0 Å². The SMILES string of the molecule is Cc1ccc(Br)c(C(Br)c2ccc3[nH]c(=O)[nH]c3c2)c1. The van der Waals surface area contributed by atoms with Gasteiger partial charge in [-0.25, -0.2) is 4.79 Å². The van der Waals surface area contributed by atoms with Crippen LogP contribution in [0.4, 0.5) is 0 Å². The van der Waals surface area contributed by atoms with Crippen molar-refractivity contribution >= 4 is 42.9 Å². The fraction of sp³-hybridized carbons (Fsp3) is 0.133. The van der Waals surface area contributed by atoms with Crippen molar-refractivity contribution in [2.75, 3.05) is 0 Å². The van der Waals surface area contributed by atoms with E-state index in [0.29, 0.717) is 0 Å². The number of aromatic amines is 2. The van der Waals surface area contributed by atoms with Gasteiger partial charge < -0.3 is 9.97 Å². The summed E-state index contributed by atoms with van der Waals surface area (Å²) in [5.74, 6) is 0. The summed E-state index contributed by atoms with van der Waals surface area (Å²) in [7, 11) is 0. The van der Waals surface area contributed by atoms with Crippen molar-refractivity contribution in [3.8, 4) is 0 Å². The van der Waals surface area contributed by atoms with Gasteiger partial charge >= 0.3 is 5.69 Å². The predicted molar refractivity (Wildman–Crippen MR) is 88.6 cm³/mol. The zero-order valence-electron chi connectivity index (χ0n) is 10.7. The molecule has 3 aromatic rings. The van der Waals surface area contributed by atoms with Gasteiger partial charge in [-0.05, 0) is 36.2 Å². The molecule has 20 heavy (non-hydrogen) atoms. The first-order valence-electron chi connectivity index (χ1n) is 6.16. The molecule has 1 aromatic heterocycles. The number of rotatable bonds is 2. The number of benzene rings is 2. The summed E-state index contributed by atoms with van der Waals surface area (Å²) in [5, 5.41) is 0. The Balaban J connectivity index is 2.09. The Bertz CT molecular complexity index is 835. The van der Waals surface area contributed by atoms with E-state index < -0.39 is 0 Å². The minimum Gasteiger partial charge on any atom is -0.306 e. The number of hydrogen-bond acceptors (Lipinski definition) is 1. The first kappa shape index (κ1) is 13.6. The molecule has 0 aliphatic rings. The molecule has 0 fully saturated rings. The van der Waals surface area contributed by atoms with Crippen LogP contribution in [0.1, 0.15) is 21.5 Å². The molecule has 5 heteroatoms. The number of imidazole rings is 1. The summed E-state index contributed by atoms with van der Waals surface area (Å²) in [5.41, 5.74) is 4.94. The maximum atomic E-state index is 11.3. The molecule has 0 aliphatic carbocycles. The summed E-state index contributed by atoms with van der Waals surface area (Å²) < 4.78 is 1.06. The highest BCUT2D eigenvalue weighted by Gasteiger charge is 2.14. The summed E-state index contributed by atoms with van der Waals surface area (Å²) >= 11 is 7.33. The predicted octanol–water partition coefficient (Wildman–Crippen LogP) is 4.41. The van der Waals surface area contributed by atoms with Gasteiger partial charge in [-0.1, -0.05) is 55.6 Å². The Hall–Kier alpha value is -1.33. The highest BCUT2D eigenvalue weighted by atomic mass is 79.9. The molecule has 0 aliphatic heterocycles. The van der Waals surface area contributed by atoms with Crippen LogP contribution in [0, 0.1) is 6.92 Å². The smallest absolute Gasteiger partial charge is 0.306 e. The maximum Gasteiger partial charge on any atom is 0.323 e. The van der Waals surface area contributed by atoms with Gasteiger partial charge in [0.05, 0.1) is 15.9 Å². The molecule has 1 atom stereocenters. The van der Waals surface area contributed by atoms with Gasteiger partial charge in [0.15, 0.2) is 0 Å². The van der Waals surface area contributed by atoms with Crippen molar-refractivity contribution in [3.05, 3.63) is 68.0 Å². The molecule has 0 spiro atoms. The third-order valence-corrected chi connectivity index (χ3v) is 5.00. The van der Waals surface area contributed by atoms with E-state index in [1.165, 1.54) is 11.1 Å². The van der Waals surface area contributed by atoms with Gasteiger partial charge in [0.1, 0.15) is 0 Å². The zero-order valence-corrected chi connectivity index (χ0v) is 13.9. The maximum absolute atomic E-state index is 11.3. The molecular formula is C15H12Br2N2O. The number of halogens is 2. The van der Waals surface area contributed by atoms with Crippen molar-refractivity contribution in [1.29, 1.82) is 0 Å². The first-order chi connectivity index (χ1) is 9.54. The minimum atomic E-state index is -0.181. The van der Waals surface area contributed by atoms with Gasteiger partial charge in [-0.2, -0.15) is 0 Å². The Labute approximate surface area is 132 Å². The van der Waals surface area contributed by atoms with E-state index in [1.807, 2.05) is 18.2 Å². The quantitative estimate of drug-likeness (QED) is 0.620. The topological polar surface area (TPSA) is 48.6 Å². The lowest BCUT2D eigenvalue weighted by Gasteiger charge is -2.13. The van der Waals surface area contributed by atoms with E-state index >= 15 is 0 Å². The van der Waals surface area contributed by atoms with Crippen molar-refractivity contribution in [2.45, 2.75) is 11.8 Å². The minimum absolute atomic E-state index is 0.0691. The molecule has 3 rings (SSSR count). The first-order valence-corrected chi connectivity index (χ1v) is 7.87. The number of hydrogen-bond donors (Lipinski definition) is 2. The second kappa shape index (κ2) is 5.22. The van der Waals surface area contributed by atoms with Crippen LogP contribution in [0.25, 0.3) is 11.0 Å². The zero-order chi connectivity index (χ0) is 14.3. The van der Waals surface area contributed by atoms with Crippen LogP contribution >= 0.6 is 31.9 Å². The lowest BCUT2D eigenvalue weighted by Crippen LogP contribution is -1.99. The summed E-state index contributed by atoms with van der Waals surface area (Å²) in [4.78, 5) is 16.9. The van der Waals surface area contributed by atoms with Crippen molar-refractivity contribution in [2.24, 2.45) is 0 Å². The van der Waals surface area contributed by atoms with Crippen LogP contribution in [0.5, 0.6) is 0 Å². The van der Waals surface area contributed by atoms with Crippen molar-refractivity contribution in [1.82, 2.24) is 9.97 Å². The Morgan fingerprint density at radius 2 is 1.80 bits per heavy atom. The Kier molecular flexibility index (Phi) is 3.56. The van der Waals surface area contributed by atoms with Gasteiger partial charge in [0.25, 0.3) is 0 Å². The van der Waals surface area contributed by atoms with E-state index in [0.717, 1.165) is 21.1 Å². The molecular weight excluding hydrogens is 384 g/mol. The highest BCUT2D eigenvalue weighted by Crippen LogP contribution is 2.36. The normalized spacial score (nSPS) is 12.8. The Morgan fingerprint density at radius 1 is 1.05 bits per heavy atom. The number of aromatic nitrogens is 2. The molecule has 1 unspecified atom stereocenters. The number of fused-ring (bicyclic) bond motifs is 1. The molecule has 3 nitrogen and oxygen atoms in total. The van der Waals surface area contributed by atoms with E-state index in [2.05, 4.69) is 67.0 Å². The monoisotopic (exact) mass is 394 g/mol. The summed E-state index contributed by atoms with van der Waals surface area (Å²) in [6, 6.07) is 12.2. The van der Waals surface area contributed by atoms with Crippen molar-refractivity contribution in [3.63, 3.8) is 0 Å². The molecule has 0 saturated heterocycles. The number of H-pyrrole nitrogens is 2. The molecule has 0 amide bonds. The fourth-order valence-corrected chi connectivity index (χ4v) is 3.69. The number of nitrogens with one attached hydrogen (secondary N) is 2.